The van der Waals surface area contributed by atoms with E-state index in [9.17, 15) is 9.59 Å². The second kappa shape index (κ2) is 5.07. The number of nitrogens with one attached hydrogen (secondary N) is 2. The van der Waals surface area contributed by atoms with E-state index in [-0.39, 0.29) is 29.4 Å². The van der Waals surface area contributed by atoms with Crippen molar-refractivity contribution in [3.63, 3.8) is 0 Å². The average molecular weight is 253 g/mol. The molecular weight excluding hydrogens is 234 g/mol. The molecule has 4 N–H and O–H groups in total. The summed E-state index contributed by atoms with van der Waals surface area (Å²) >= 11 is 0. The number of nitrogens with zero attached hydrogens (tertiary/aromatic N) is 2. The van der Waals surface area contributed by atoms with Gasteiger partial charge in [0.15, 0.2) is 5.69 Å². The van der Waals surface area contributed by atoms with Crippen molar-refractivity contribution in [3.05, 3.63) is 11.9 Å². The Morgan fingerprint density at radius 3 is 2.50 bits per heavy atom. The first kappa shape index (κ1) is 14.0. The number of rotatable bonds is 3. The van der Waals surface area contributed by atoms with Gasteiger partial charge in [0.25, 0.3) is 5.91 Å². The standard InChI is InChI=1S/C11H19N5O2/c1-11(2,3)14-8(17)5-13-10(18)9-7(12)6-16(4)15-9/h6H,5,12H2,1-4H3,(H,13,18)(H,14,17). The van der Waals surface area contributed by atoms with Crippen molar-refractivity contribution in [2.75, 3.05) is 12.3 Å². The Morgan fingerprint density at radius 2 is 2.06 bits per heavy atom. The molecule has 100 valence electrons. The minimum absolute atomic E-state index is 0.105. The lowest BCUT2D eigenvalue weighted by Crippen LogP contribution is -2.45. The first-order valence-corrected chi connectivity index (χ1v) is 5.57. The Kier molecular flexibility index (Phi) is 3.95. The van der Waals surface area contributed by atoms with Gasteiger partial charge < -0.3 is 16.4 Å². The van der Waals surface area contributed by atoms with Crippen LogP contribution in [0.2, 0.25) is 0 Å². The van der Waals surface area contributed by atoms with Gasteiger partial charge in [0.1, 0.15) is 0 Å². The van der Waals surface area contributed by atoms with Crippen molar-refractivity contribution in [1.29, 1.82) is 0 Å². The number of nitrogen functional groups attached to an aromatic ring is 1. The molecule has 0 aliphatic carbocycles. The van der Waals surface area contributed by atoms with E-state index in [0.29, 0.717) is 0 Å². The van der Waals surface area contributed by atoms with Crippen molar-refractivity contribution in [2.24, 2.45) is 7.05 Å². The maximum atomic E-state index is 11.7. The van der Waals surface area contributed by atoms with Gasteiger partial charge in [-0.3, -0.25) is 14.3 Å². The highest BCUT2D eigenvalue weighted by Crippen LogP contribution is 2.07. The van der Waals surface area contributed by atoms with Gasteiger partial charge in [-0.15, -0.1) is 0 Å². The number of carbonyl (C=O) groups is 2. The molecule has 7 heteroatoms. The lowest BCUT2D eigenvalue weighted by molar-refractivity contribution is -0.121. The van der Waals surface area contributed by atoms with Gasteiger partial charge in [-0.2, -0.15) is 5.10 Å². The molecule has 0 saturated heterocycles. The van der Waals surface area contributed by atoms with Crippen LogP contribution in [-0.2, 0) is 11.8 Å². The summed E-state index contributed by atoms with van der Waals surface area (Å²) < 4.78 is 1.44. The van der Waals surface area contributed by atoms with E-state index >= 15 is 0 Å². The molecule has 1 aromatic heterocycles. The third-order valence-corrected chi connectivity index (χ3v) is 2.00. The van der Waals surface area contributed by atoms with Gasteiger partial charge in [0, 0.05) is 18.8 Å². The van der Waals surface area contributed by atoms with E-state index in [0.717, 1.165) is 0 Å². The molecule has 0 unspecified atom stereocenters. The number of hydrogen-bond donors (Lipinski definition) is 3. The van der Waals surface area contributed by atoms with Crippen molar-refractivity contribution in [2.45, 2.75) is 26.3 Å². The van der Waals surface area contributed by atoms with Gasteiger partial charge in [0.05, 0.1) is 12.2 Å². The van der Waals surface area contributed by atoms with Crippen molar-refractivity contribution >= 4 is 17.5 Å². The highest BCUT2D eigenvalue weighted by Gasteiger charge is 2.17. The molecule has 1 rings (SSSR count). The maximum absolute atomic E-state index is 11.7. The van der Waals surface area contributed by atoms with Gasteiger partial charge in [-0.05, 0) is 20.8 Å². The Labute approximate surface area is 106 Å². The zero-order chi connectivity index (χ0) is 13.9. The van der Waals surface area contributed by atoms with Crippen molar-refractivity contribution in [1.82, 2.24) is 20.4 Å². The van der Waals surface area contributed by atoms with Crippen LogP contribution in [0.25, 0.3) is 0 Å². The van der Waals surface area contributed by atoms with Crippen LogP contribution in [0.15, 0.2) is 6.20 Å². The third kappa shape index (κ3) is 4.08. The quantitative estimate of drug-likeness (QED) is 0.685. The summed E-state index contributed by atoms with van der Waals surface area (Å²) in [5, 5.41) is 9.11. The SMILES string of the molecule is Cn1cc(N)c(C(=O)NCC(=O)NC(C)(C)C)n1. The highest BCUT2D eigenvalue weighted by molar-refractivity contribution is 5.98. The van der Waals surface area contributed by atoms with Crippen LogP contribution in [0.4, 0.5) is 5.69 Å². The fourth-order valence-electron chi connectivity index (χ4n) is 1.39. The van der Waals surface area contributed by atoms with Gasteiger partial charge in [-0.25, -0.2) is 0 Å². The van der Waals surface area contributed by atoms with Crippen LogP contribution < -0.4 is 16.4 Å². The first-order chi connectivity index (χ1) is 8.19. The van der Waals surface area contributed by atoms with Crippen LogP contribution in [0, 0.1) is 0 Å². The number of nitrogens with two attached hydrogens (primary N) is 1. The fraction of sp³-hybridized carbons (Fsp3) is 0.545. The molecule has 0 aliphatic heterocycles. The van der Waals surface area contributed by atoms with E-state index in [1.165, 1.54) is 10.9 Å². The molecule has 0 aromatic carbocycles. The van der Waals surface area contributed by atoms with Crippen LogP contribution in [0.5, 0.6) is 0 Å². The zero-order valence-corrected chi connectivity index (χ0v) is 11.1. The second-order valence-corrected chi connectivity index (χ2v) is 5.09. The molecule has 7 nitrogen and oxygen atoms in total. The summed E-state index contributed by atoms with van der Waals surface area (Å²) in [6.45, 7) is 5.49. The normalized spacial score (nSPS) is 11.1. The summed E-state index contributed by atoms with van der Waals surface area (Å²) in [6, 6.07) is 0. The number of amides is 2. The Bertz CT molecular complexity index is 458. The molecule has 0 atom stereocenters. The molecule has 0 bridgehead atoms. The van der Waals surface area contributed by atoms with E-state index in [1.807, 2.05) is 20.8 Å². The van der Waals surface area contributed by atoms with E-state index in [2.05, 4.69) is 15.7 Å². The Hall–Kier alpha value is -2.05. The number of anilines is 1. The molecule has 0 aliphatic rings. The van der Waals surface area contributed by atoms with Crippen LogP contribution >= 0.6 is 0 Å². The maximum Gasteiger partial charge on any atom is 0.274 e. The first-order valence-electron chi connectivity index (χ1n) is 5.57. The molecule has 0 radical (unpaired) electrons. The second-order valence-electron chi connectivity index (χ2n) is 5.09. The molecule has 0 fully saturated rings. The summed E-state index contributed by atoms with van der Waals surface area (Å²) in [4.78, 5) is 23.2. The van der Waals surface area contributed by atoms with Gasteiger partial charge >= 0.3 is 0 Å². The minimum atomic E-state index is -0.461. The topological polar surface area (TPSA) is 102 Å². The van der Waals surface area contributed by atoms with Crippen LogP contribution in [-0.4, -0.2) is 33.7 Å². The minimum Gasteiger partial charge on any atom is -0.396 e. The number of aryl methyl sites for hydroxylation is 1. The molecule has 1 heterocycles. The monoisotopic (exact) mass is 253 g/mol. The van der Waals surface area contributed by atoms with Gasteiger partial charge in [0.2, 0.25) is 5.91 Å². The summed E-state index contributed by atoms with van der Waals surface area (Å²) in [6.07, 6.45) is 1.53. The summed E-state index contributed by atoms with van der Waals surface area (Å²) in [5.41, 5.74) is 5.69. The Morgan fingerprint density at radius 1 is 1.44 bits per heavy atom. The molecule has 2 amide bonds. The number of hydrogen-bond acceptors (Lipinski definition) is 4. The van der Waals surface area contributed by atoms with E-state index in [4.69, 9.17) is 5.73 Å². The number of carbonyl (C=O) groups excluding carboxylic acids is 2. The molecule has 0 spiro atoms. The van der Waals surface area contributed by atoms with E-state index < -0.39 is 5.91 Å². The number of aromatic nitrogens is 2. The molecular formula is C11H19N5O2. The summed E-state index contributed by atoms with van der Waals surface area (Å²) in [5.74, 6) is -0.720. The lowest BCUT2D eigenvalue weighted by atomic mass is 10.1. The third-order valence-electron chi connectivity index (χ3n) is 2.00. The highest BCUT2D eigenvalue weighted by atomic mass is 16.2. The fourth-order valence-corrected chi connectivity index (χ4v) is 1.39. The van der Waals surface area contributed by atoms with Crippen molar-refractivity contribution in [3.8, 4) is 0 Å². The predicted molar refractivity (Wildman–Crippen MR) is 67.8 cm³/mol. The molecule has 18 heavy (non-hydrogen) atoms. The molecule has 0 saturated carbocycles. The lowest BCUT2D eigenvalue weighted by Gasteiger charge is -2.20. The largest absolute Gasteiger partial charge is 0.396 e. The van der Waals surface area contributed by atoms with Gasteiger partial charge in [-0.1, -0.05) is 0 Å². The Balaban J connectivity index is 2.52. The van der Waals surface area contributed by atoms with Crippen LogP contribution in [0.3, 0.4) is 0 Å². The average Bonchev–Trinajstić information content (AvgIpc) is 2.52. The van der Waals surface area contributed by atoms with E-state index in [1.54, 1.807) is 7.05 Å². The van der Waals surface area contributed by atoms with Crippen LogP contribution in [0.1, 0.15) is 31.3 Å². The molecule has 1 aromatic rings. The van der Waals surface area contributed by atoms with Crippen molar-refractivity contribution < 1.29 is 9.59 Å². The smallest absolute Gasteiger partial charge is 0.274 e. The summed E-state index contributed by atoms with van der Waals surface area (Å²) in [7, 11) is 1.67. The zero-order valence-electron chi connectivity index (χ0n) is 11.1. The predicted octanol–water partition coefficient (Wildman–Crippen LogP) is -0.353.